The average molecular weight is 393 g/mol. The Bertz CT molecular complexity index is 971. The molecule has 0 aliphatic rings. The summed E-state index contributed by atoms with van der Waals surface area (Å²) >= 11 is 1.50. The van der Waals surface area contributed by atoms with Crippen LogP contribution in [0.3, 0.4) is 0 Å². The quantitative estimate of drug-likeness (QED) is 0.569. The standard InChI is InChI=1S/C21H19N3O3S/c1-2-10-22-21(26)18-8-3-4-9-19(18)24-20(25)15-6-5-7-17(11-15)27-12-16-13-28-14-23-16/h2-9,11,13-14H,1,10,12H2,(H,22,26)(H,24,25). The maximum absolute atomic E-state index is 12.7. The van der Waals surface area contributed by atoms with Crippen LogP contribution in [0.4, 0.5) is 5.69 Å². The molecule has 0 radical (unpaired) electrons. The lowest BCUT2D eigenvalue weighted by Gasteiger charge is -2.11. The topological polar surface area (TPSA) is 80.3 Å². The number of benzene rings is 2. The molecule has 0 aliphatic carbocycles. The predicted molar refractivity (Wildman–Crippen MR) is 110 cm³/mol. The highest BCUT2D eigenvalue weighted by atomic mass is 32.1. The zero-order chi connectivity index (χ0) is 19.8. The van der Waals surface area contributed by atoms with Crippen molar-refractivity contribution < 1.29 is 14.3 Å². The van der Waals surface area contributed by atoms with Crippen LogP contribution in [0, 0.1) is 0 Å². The van der Waals surface area contributed by atoms with Crippen molar-refractivity contribution in [3.8, 4) is 5.75 Å². The minimum absolute atomic E-state index is 0.281. The number of amides is 2. The highest BCUT2D eigenvalue weighted by molar-refractivity contribution is 7.07. The first-order valence-corrected chi connectivity index (χ1v) is 9.51. The fourth-order valence-corrected chi connectivity index (χ4v) is 2.98. The summed E-state index contributed by atoms with van der Waals surface area (Å²) in [6.45, 7) is 4.26. The van der Waals surface area contributed by atoms with Crippen LogP contribution in [-0.2, 0) is 6.61 Å². The van der Waals surface area contributed by atoms with E-state index < -0.39 is 0 Å². The summed E-state index contributed by atoms with van der Waals surface area (Å²) in [7, 11) is 0. The van der Waals surface area contributed by atoms with Crippen molar-refractivity contribution in [3.05, 3.63) is 88.9 Å². The van der Waals surface area contributed by atoms with E-state index in [1.807, 2.05) is 5.38 Å². The van der Waals surface area contributed by atoms with Gasteiger partial charge in [0.25, 0.3) is 11.8 Å². The number of aromatic nitrogens is 1. The highest BCUT2D eigenvalue weighted by Gasteiger charge is 2.14. The van der Waals surface area contributed by atoms with E-state index in [1.54, 1.807) is 60.1 Å². The van der Waals surface area contributed by atoms with Crippen molar-refractivity contribution in [3.63, 3.8) is 0 Å². The first-order valence-electron chi connectivity index (χ1n) is 8.57. The van der Waals surface area contributed by atoms with Gasteiger partial charge in [0, 0.05) is 17.5 Å². The predicted octanol–water partition coefficient (Wildman–Crippen LogP) is 3.89. The molecule has 6 nitrogen and oxygen atoms in total. The molecule has 3 rings (SSSR count). The lowest BCUT2D eigenvalue weighted by atomic mass is 10.1. The molecular weight excluding hydrogens is 374 g/mol. The summed E-state index contributed by atoms with van der Waals surface area (Å²) < 4.78 is 5.69. The third kappa shape index (κ3) is 5.05. The van der Waals surface area contributed by atoms with Crippen molar-refractivity contribution in [2.24, 2.45) is 0 Å². The summed E-state index contributed by atoms with van der Waals surface area (Å²) in [5.41, 5.74) is 3.82. The number of nitrogens with zero attached hydrogens (tertiary/aromatic N) is 1. The van der Waals surface area contributed by atoms with Gasteiger partial charge in [-0.25, -0.2) is 4.98 Å². The van der Waals surface area contributed by atoms with Crippen molar-refractivity contribution in [2.75, 3.05) is 11.9 Å². The molecular formula is C21H19N3O3S. The number of carbonyl (C=O) groups is 2. The third-order valence-corrected chi connectivity index (χ3v) is 4.43. The van der Waals surface area contributed by atoms with Gasteiger partial charge in [-0.3, -0.25) is 9.59 Å². The lowest BCUT2D eigenvalue weighted by Crippen LogP contribution is -2.25. The average Bonchev–Trinajstić information content (AvgIpc) is 3.25. The molecule has 0 fully saturated rings. The molecule has 1 heterocycles. The molecule has 28 heavy (non-hydrogen) atoms. The lowest BCUT2D eigenvalue weighted by molar-refractivity contribution is 0.0959. The molecule has 142 valence electrons. The molecule has 0 atom stereocenters. The smallest absolute Gasteiger partial charge is 0.255 e. The van der Waals surface area contributed by atoms with Gasteiger partial charge in [-0.05, 0) is 30.3 Å². The summed E-state index contributed by atoms with van der Waals surface area (Å²) in [5.74, 6) is -0.0445. The Kier molecular flexibility index (Phi) is 6.54. The minimum atomic E-state index is -0.330. The first-order chi connectivity index (χ1) is 13.7. The van der Waals surface area contributed by atoms with Gasteiger partial charge in [-0.1, -0.05) is 24.3 Å². The zero-order valence-electron chi connectivity index (χ0n) is 15.1. The summed E-state index contributed by atoms with van der Waals surface area (Å²) in [6, 6.07) is 13.7. The van der Waals surface area contributed by atoms with E-state index in [0.29, 0.717) is 35.7 Å². The van der Waals surface area contributed by atoms with E-state index in [9.17, 15) is 9.59 Å². The molecule has 2 N–H and O–H groups in total. The Balaban J connectivity index is 1.70. The Hall–Kier alpha value is -3.45. The van der Waals surface area contributed by atoms with E-state index in [0.717, 1.165) is 5.69 Å². The van der Waals surface area contributed by atoms with Crippen LogP contribution < -0.4 is 15.4 Å². The molecule has 0 spiro atoms. The van der Waals surface area contributed by atoms with E-state index in [-0.39, 0.29) is 11.8 Å². The van der Waals surface area contributed by atoms with Crippen molar-refractivity contribution in [1.82, 2.24) is 10.3 Å². The van der Waals surface area contributed by atoms with Gasteiger partial charge in [-0.2, -0.15) is 0 Å². The number of carbonyl (C=O) groups excluding carboxylic acids is 2. The maximum Gasteiger partial charge on any atom is 0.255 e. The summed E-state index contributed by atoms with van der Waals surface area (Å²) in [6.07, 6.45) is 1.59. The van der Waals surface area contributed by atoms with Gasteiger partial charge in [0.15, 0.2) is 0 Å². The van der Waals surface area contributed by atoms with Gasteiger partial charge >= 0.3 is 0 Å². The van der Waals surface area contributed by atoms with Gasteiger partial charge in [0.1, 0.15) is 12.4 Å². The van der Waals surface area contributed by atoms with E-state index in [2.05, 4.69) is 22.2 Å². The molecule has 0 bridgehead atoms. The monoisotopic (exact) mass is 393 g/mol. The Morgan fingerprint density at radius 2 is 2.00 bits per heavy atom. The fraction of sp³-hybridized carbons (Fsp3) is 0.0952. The van der Waals surface area contributed by atoms with E-state index in [4.69, 9.17) is 4.74 Å². The van der Waals surface area contributed by atoms with Gasteiger partial charge in [-0.15, -0.1) is 17.9 Å². The molecule has 2 aromatic carbocycles. The number of thiazole rings is 1. The van der Waals surface area contributed by atoms with Crippen molar-refractivity contribution in [1.29, 1.82) is 0 Å². The molecule has 1 aromatic heterocycles. The Labute approximate surface area is 166 Å². The molecule has 0 saturated heterocycles. The van der Waals surface area contributed by atoms with Gasteiger partial charge in [0.05, 0.1) is 22.5 Å². The second-order valence-electron chi connectivity index (χ2n) is 5.79. The molecule has 7 heteroatoms. The number of ether oxygens (including phenoxy) is 1. The van der Waals surface area contributed by atoms with Gasteiger partial charge in [0.2, 0.25) is 0 Å². The van der Waals surface area contributed by atoms with Gasteiger partial charge < -0.3 is 15.4 Å². The molecule has 3 aromatic rings. The number of anilines is 1. The van der Waals surface area contributed by atoms with Crippen LogP contribution in [0.5, 0.6) is 5.75 Å². The second-order valence-corrected chi connectivity index (χ2v) is 6.51. The second kappa shape index (κ2) is 9.48. The number of nitrogens with one attached hydrogen (secondary N) is 2. The van der Waals surface area contributed by atoms with Crippen LogP contribution in [0.1, 0.15) is 26.4 Å². The Morgan fingerprint density at radius 1 is 1.14 bits per heavy atom. The number of rotatable bonds is 8. The van der Waals surface area contributed by atoms with Crippen molar-refractivity contribution >= 4 is 28.8 Å². The summed E-state index contributed by atoms with van der Waals surface area (Å²) in [5, 5.41) is 7.40. The van der Waals surface area contributed by atoms with Crippen LogP contribution in [-0.4, -0.2) is 23.3 Å². The van der Waals surface area contributed by atoms with Crippen molar-refractivity contribution in [2.45, 2.75) is 6.61 Å². The number of para-hydroxylation sites is 1. The van der Waals surface area contributed by atoms with Crippen LogP contribution in [0.15, 0.2) is 72.1 Å². The van der Waals surface area contributed by atoms with Crippen LogP contribution in [0.25, 0.3) is 0 Å². The molecule has 0 saturated carbocycles. The number of hydrogen-bond acceptors (Lipinski definition) is 5. The largest absolute Gasteiger partial charge is 0.487 e. The third-order valence-electron chi connectivity index (χ3n) is 3.79. The summed E-state index contributed by atoms with van der Waals surface area (Å²) in [4.78, 5) is 29.1. The zero-order valence-corrected chi connectivity index (χ0v) is 15.9. The van der Waals surface area contributed by atoms with Crippen LogP contribution in [0.2, 0.25) is 0 Å². The number of hydrogen-bond donors (Lipinski definition) is 2. The Morgan fingerprint density at radius 3 is 2.79 bits per heavy atom. The van der Waals surface area contributed by atoms with E-state index >= 15 is 0 Å². The maximum atomic E-state index is 12.7. The van der Waals surface area contributed by atoms with Crippen LogP contribution >= 0.6 is 11.3 Å². The molecule has 2 amide bonds. The fourth-order valence-electron chi connectivity index (χ4n) is 2.44. The van der Waals surface area contributed by atoms with E-state index in [1.165, 1.54) is 11.3 Å². The first kappa shape index (κ1) is 19.3. The highest BCUT2D eigenvalue weighted by Crippen LogP contribution is 2.19. The molecule has 0 unspecified atom stereocenters. The SMILES string of the molecule is C=CCNC(=O)c1ccccc1NC(=O)c1cccc(OCc2cscn2)c1. The normalized spacial score (nSPS) is 10.1. The minimum Gasteiger partial charge on any atom is -0.487 e. The molecule has 0 aliphatic heterocycles.